The molecule has 0 rings (SSSR count). The highest BCUT2D eigenvalue weighted by Gasteiger charge is 2.27. The first kappa shape index (κ1) is 52.3. The van der Waals surface area contributed by atoms with Gasteiger partial charge in [-0.2, -0.15) is 0 Å². The summed E-state index contributed by atoms with van der Waals surface area (Å²) in [6.07, 6.45) is 35.8. The third kappa shape index (κ3) is 43.8. The van der Waals surface area contributed by atoms with Crippen LogP contribution in [0.3, 0.4) is 0 Å². The van der Waals surface area contributed by atoms with Gasteiger partial charge < -0.3 is 23.8 Å². The Bertz CT molecular complexity index is 786. The van der Waals surface area contributed by atoms with E-state index in [4.69, 9.17) is 33.5 Å². The van der Waals surface area contributed by atoms with Gasteiger partial charge in [-0.05, 0) is 18.4 Å². The highest BCUT2D eigenvalue weighted by Crippen LogP contribution is 2.44. The molecule has 1 atom stereocenters. The smallest absolute Gasteiger partial charge is 0.379 e. The van der Waals surface area contributed by atoms with Crippen molar-refractivity contribution in [1.29, 1.82) is 0 Å². The van der Waals surface area contributed by atoms with Gasteiger partial charge in [0.15, 0.2) is 0 Å². The lowest BCUT2D eigenvalue weighted by Gasteiger charge is -2.21. The molecule has 0 aliphatic rings. The Labute approximate surface area is 325 Å². The number of phosphoric ester groups is 1. The minimum Gasteiger partial charge on any atom is -0.379 e. The van der Waals surface area contributed by atoms with E-state index in [0.717, 1.165) is 25.7 Å². The Morgan fingerprint density at radius 1 is 0.491 bits per heavy atom. The molecule has 0 spiro atoms. The lowest BCUT2D eigenvalue weighted by Crippen LogP contribution is -2.26. The highest BCUT2D eigenvalue weighted by atomic mass is 31.2. The molecule has 11 nitrogen and oxygen atoms in total. The van der Waals surface area contributed by atoms with Crippen molar-refractivity contribution in [2.75, 3.05) is 66.0 Å². The van der Waals surface area contributed by atoms with Crippen molar-refractivity contribution in [2.45, 2.75) is 200 Å². The first-order valence-corrected chi connectivity index (χ1v) is 23.5. The van der Waals surface area contributed by atoms with E-state index in [1.54, 1.807) is 0 Å². The van der Waals surface area contributed by atoms with Crippen LogP contribution in [0, 0.1) is 0 Å². The number of ether oxygens (including phenoxy) is 4. The first-order chi connectivity index (χ1) is 26.1. The van der Waals surface area contributed by atoms with E-state index >= 15 is 0 Å². The maximum atomic E-state index is 12.7. The molecular weight excluding hydrogens is 693 g/mol. The highest BCUT2D eigenvalue weighted by molar-refractivity contribution is 7.47. The summed E-state index contributed by atoms with van der Waals surface area (Å²) < 4.78 is 45.7. The minimum absolute atomic E-state index is 0.0982. The summed E-state index contributed by atoms with van der Waals surface area (Å²) in [5.74, 6) is 0. The van der Waals surface area contributed by atoms with E-state index in [-0.39, 0.29) is 33.0 Å². The van der Waals surface area contributed by atoms with Crippen molar-refractivity contribution in [3.05, 3.63) is 10.4 Å². The van der Waals surface area contributed by atoms with Crippen molar-refractivity contribution in [2.24, 2.45) is 5.11 Å². The fourth-order valence-corrected chi connectivity index (χ4v) is 7.10. The molecule has 0 amide bonds. The van der Waals surface area contributed by atoms with Crippen LogP contribution in [0.15, 0.2) is 5.11 Å². The number of hydrogen-bond acceptors (Lipinski definition) is 8. The zero-order valence-electron chi connectivity index (χ0n) is 34.5. The largest absolute Gasteiger partial charge is 0.472 e. The molecule has 316 valence electrons. The Kier molecular flexibility index (Phi) is 43.4. The van der Waals surface area contributed by atoms with Crippen molar-refractivity contribution in [1.82, 2.24) is 0 Å². The standard InChI is InChI=1S/C41H84N3O8P/c1-3-5-7-9-11-13-15-17-19-21-23-25-27-29-32-49-39-41(52-53(45,46)51-38-37-48-36-35-47-34-31-43-44-42)40-50-33-30-28-26-24-22-20-18-16-14-12-10-8-6-4-2/h41H,3-40H2,1-2H3,(H,45,46). The van der Waals surface area contributed by atoms with Gasteiger partial charge in [-0.1, -0.05) is 186 Å². The average Bonchev–Trinajstić information content (AvgIpc) is 3.15. The molecular formula is C41H84N3O8P. The van der Waals surface area contributed by atoms with Crippen molar-refractivity contribution in [3.63, 3.8) is 0 Å². The number of unbranched alkanes of at least 4 members (excludes halogenated alkanes) is 26. The first-order valence-electron chi connectivity index (χ1n) is 22.0. The Hall–Kier alpha value is -0.740. The Morgan fingerprint density at radius 2 is 0.830 bits per heavy atom. The zero-order valence-corrected chi connectivity index (χ0v) is 35.4. The van der Waals surface area contributed by atoms with Crippen LogP contribution in [-0.2, 0) is 32.6 Å². The fraction of sp³-hybridized carbons (Fsp3) is 1.00. The molecule has 0 saturated heterocycles. The van der Waals surface area contributed by atoms with Gasteiger partial charge in [-0.15, -0.1) is 0 Å². The summed E-state index contributed by atoms with van der Waals surface area (Å²) in [4.78, 5) is 13.0. The lowest BCUT2D eigenvalue weighted by molar-refractivity contribution is -0.0269. The van der Waals surface area contributed by atoms with Crippen molar-refractivity contribution < 1.29 is 37.5 Å². The topological polar surface area (TPSA) is 141 Å². The molecule has 0 heterocycles. The molecule has 0 aliphatic carbocycles. The molecule has 0 bridgehead atoms. The summed E-state index contributed by atoms with van der Waals surface area (Å²) in [6, 6.07) is 0. The number of azide groups is 1. The number of rotatable bonds is 46. The molecule has 0 aromatic rings. The van der Waals surface area contributed by atoms with Crippen molar-refractivity contribution in [3.8, 4) is 0 Å². The summed E-state index contributed by atoms with van der Waals surface area (Å²) in [5.41, 5.74) is 8.26. The van der Waals surface area contributed by atoms with E-state index in [1.807, 2.05) is 0 Å². The molecule has 12 heteroatoms. The molecule has 1 N–H and O–H groups in total. The van der Waals surface area contributed by atoms with E-state index in [0.29, 0.717) is 33.0 Å². The maximum Gasteiger partial charge on any atom is 0.472 e. The number of hydrogen-bond donors (Lipinski definition) is 1. The van der Waals surface area contributed by atoms with Gasteiger partial charge in [-0.3, -0.25) is 9.05 Å². The van der Waals surface area contributed by atoms with Gasteiger partial charge in [0.05, 0.1) is 46.2 Å². The van der Waals surface area contributed by atoms with Crippen molar-refractivity contribution >= 4 is 7.82 Å². The Morgan fingerprint density at radius 3 is 1.21 bits per heavy atom. The molecule has 0 saturated carbocycles. The van der Waals surface area contributed by atoms with Gasteiger partial charge in [0, 0.05) is 24.7 Å². The van der Waals surface area contributed by atoms with Gasteiger partial charge in [0.1, 0.15) is 6.10 Å². The second-order valence-corrected chi connectivity index (χ2v) is 16.0. The van der Waals surface area contributed by atoms with Crippen LogP contribution in [0.4, 0.5) is 0 Å². The quantitative estimate of drug-likeness (QED) is 0.0212. The summed E-state index contributed by atoms with van der Waals surface area (Å²) in [5, 5.41) is 3.39. The predicted octanol–water partition coefficient (Wildman–Crippen LogP) is 12.8. The lowest BCUT2D eigenvalue weighted by atomic mass is 10.0. The summed E-state index contributed by atoms with van der Waals surface area (Å²) in [7, 11) is -4.32. The van der Waals surface area contributed by atoms with Crippen LogP contribution in [-0.4, -0.2) is 77.0 Å². The van der Waals surface area contributed by atoms with Crippen LogP contribution in [0.25, 0.3) is 10.4 Å². The maximum absolute atomic E-state index is 12.7. The van der Waals surface area contributed by atoms with E-state index in [9.17, 15) is 9.46 Å². The molecule has 0 aromatic heterocycles. The molecule has 0 fully saturated rings. The minimum atomic E-state index is -4.32. The van der Waals surface area contributed by atoms with Gasteiger partial charge in [-0.25, -0.2) is 4.57 Å². The molecule has 1 unspecified atom stereocenters. The second-order valence-electron chi connectivity index (χ2n) is 14.6. The van der Waals surface area contributed by atoms with Crippen LogP contribution in [0.5, 0.6) is 0 Å². The van der Waals surface area contributed by atoms with Gasteiger partial charge >= 0.3 is 7.82 Å². The van der Waals surface area contributed by atoms with Gasteiger partial charge in [0.2, 0.25) is 0 Å². The van der Waals surface area contributed by atoms with Gasteiger partial charge in [0.25, 0.3) is 0 Å². The number of nitrogens with zero attached hydrogens (tertiary/aromatic N) is 3. The second kappa shape index (κ2) is 44.0. The summed E-state index contributed by atoms with van der Waals surface area (Å²) >= 11 is 0. The zero-order chi connectivity index (χ0) is 38.6. The molecule has 0 aromatic carbocycles. The number of phosphoric acid groups is 1. The molecule has 53 heavy (non-hydrogen) atoms. The van der Waals surface area contributed by atoms with Crippen LogP contribution >= 0.6 is 7.82 Å². The van der Waals surface area contributed by atoms with Crippen LogP contribution in [0.1, 0.15) is 194 Å². The third-order valence-corrected chi connectivity index (χ3v) is 10.5. The van der Waals surface area contributed by atoms with Crippen LogP contribution < -0.4 is 0 Å². The monoisotopic (exact) mass is 778 g/mol. The van der Waals surface area contributed by atoms with Crippen LogP contribution in [0.2, 0.25) is 0 Å². The SMILES string of the molecule is CCCCCCCCCCCCCCCCOCC(COCCCCCCCCCCCCCCCC)OP(=O)(O)OCCOCCOCCN=[N+]=[N-]. The molecule has 0 aliphatic heterocycles. The third-order valence-electron chi connectivity index (χ3n) is 9.43. The normalized spacial score (nSPS) is 12.8. The van der Waals surface area contributed by atoms with E-state index < -0.39 is 13.9 Å². The van der Waals surface area contributed by atoms with E-state index in [2.05, 4.69) is 23.9 Å². The fourth-order valence-electron chi connectivity index (χ4n) is 6.24. The van der Waals surface area contributed by atoms with E-state index in [1.165, 1.54) is 154 Å². The Balaban J connectivity index is 4.18. The summed E-state index contributed by atoms with van der Waals surface area (Å²) in [6.45, 7) is 7.27. The average molecular weight is 778 g/mol. The molecule has 0 radical (unpaired) electrons. The predicted molar refractivity (Wildman–Crippen MR) is 219 cm³/mol.